The molecule has 0 radical (unpaired) electrons. The number of nitrogens with two attached hydrogens (primary N) is 1. The summed E-state index contributed by atoms with van der Waals surface area (Å²) in [7, 11) is 2.14. The summed E-state index contributed by atoms with van der Waals surface area (Å²) in [6.45, 7) is 13.6. The fraction of sp³-hybridized carbons (Fsp3) is 0.344. The van der Waals surface area contributed by atoms with E-state index in [2.05, 4.69) is 60.0 Å². The first-order valence-corrected chi connectivity index (χ1v) is 14.0. The van der Waals surface area contributed by atoms with Crippen molar-refractivity contribution in [2.24, 2.45) is 16.6 Å². The lowest BCUT2D eigenvalue weighted by atomic mass is 9.93. The summed E-state index contributed by atoms with van der Waals surface area (Å²) in [5.74, 6) is 0.424. The number of rotatable bonds is 8. The Hall–Kier alpha value is -4.37. The number of primary amides is 1. The van der Waals surface area contributed by atoms with Crippen molar-refractivity contribution in [3.05, 3.63) is 83.8 Å². The molecule has 0 aromatic heterocycles. The molecular formula is C32H40N6O3. The van der Waals surface area contributed by atoms with Gasteiger partial charge in [0.2, 0.25) is 11.8 Å². The smallest absolute Gasteiger partial charge is 0.252 e. The predicted octanol–water partition coefficient (Wildman–Crippen LogP) is 4.83. The largest absolute Gasteiger partial charge is 0.439 e. The molecule has 0 aliphatic carbocycles. The van der Waals surface area contributed by atoms with Gasteiger partial charge in [-0.15, -0.1) is 0 Å². The summed E-state index contributed by atoms with van der Waals surface area (Å²) in [6, 6.07) is 13.6. The van der Waals surface area contributed by atoms with Crippen molar-refractivity contribution in [2.45, 2.75) is 33.6 Å². The Morgan fingerprint density at radius 1 is 1.15 bits per heavy atom. The van der Waals surface area contributed by atoms with Crippen LogP contribution in [-0.4, -0.2) is 55.8 Å². The monoisotopic (exact) mass is 556 g/mol. The minimum Gasteiger partial charge on any atom is -0.439 e. The van der Waals surface area contributed by atoms with Gasteiger partial charge >= 0.3 is 0 Å². The molecule has 1 unspecified atom stereocenters. The maximum absolute atomic E-state index is 12.6. The fourth-order valence-corrected chi connectivity index (χ4v) is 4.93. The Morgan fingerprint density at radius 3 is 2.49 bits per heavy atom. The van der Waals surface area contributed by atoms with Crippen molar-refractivity contribution in [2.75, 3.05) is 48.8 Å². The number of likely N-dealkylation sites (N-methyl/N-ethyl adjacent to an activating group) is 1. The SMILES string of the molecule is C=CC(=O)Nc1cc(OC2=C(CC)C(C)C/C=C(\C(N)=O)C(Nc3ccc(N4CCN(C)CC4)cc3)=N2)ccc1C. The van der Waals surface area contributed by atoms with Crippen LogP contribution in [0.5, 0.6) is 5.75 Å². The third-order valence-corrected chi connectivity index (χ3v) is 7.53. The topological polar surface area (TPSA) is 112 Å². The molecule has 1 fully saturated rings. The van der Waals surface area contributed by atoms with Gasteiger partial charge in [-0.2, -0.15) is 4.99 Å². The molecule has 4 N–H and O–H groups in total. The van der Waals surface area contributed by atoms with Crippen LogP contribution < -0.4 is 26.0 Å². The van der Waals surface area contributed by atoms with Crippen LogP contribution in [0, 0.1) is 12.8 Å². The van der Waals surface area contributed by atoms with Crippen LogP contribution in [0.3, 0.4) is 0 Å². The number of carbonyl (C=O) groups excluding carboxylic acids is 2. The molecule has 2 aromatic rings. The maximum atomic E-state index is 12.6. The number of nitrogens with zero attached hydrogens (tertiary/aromatic N) is 3. The van der Waals surface area contributed by atoms with Crippen molar-refractivity contribution in [3.8, 4) is 5.75 Å². The van der Waals surface area contributed by atoms with E-state index in [-0.39, 0.29) is 11.8 Å². The number of hydrogen-bond acceptors (Lipinski definition) is 7. The number of amidine groups is 1. The van der Waals surface area contributed by atoms with E-state index in [1.807, 2.05) is 37.3 Å². The van der Waals surface area contributed by atoms with Gasteiger partial charge in [-0.1, -0.05) is 32.6 Å². The minimum absolute atomic E-state index is 0.0721. The number of amides is 2. The second-order valence-electron chi connectivity index (χ2n) is 10.5. The molecular weight excluding hydrogens is 516 g/mol. The Kier molecular flexibility index (Phi) is 9.62. The summed E-state index contributed by atoms with van der Waals surface area (Å²) in [4.78, 5) is 34.0. The van der Waals surface area contributed by atoms with Crippen molar-refractivity contribution < 1.29 is 14.3 Å². The highest BCUT2D eigenvalue weighted by atomic mass is 16.5. The first kappa shape index (κ1) is 29.6. The van der Waals surface area contributed by atoms with Crippen LogP contribution in [0.1, 0.15) is 32.3 Å². The van der Waals surface area contributed by atoms with E-state index in [9.17, 15) is 9.59 Å². The first-order valence-electron chi connectivity index (χ1n) is 14.0. The summed E-state index contributed by atoms with van der Waals surface area (Å²) in [5.41, 5.74) is 10.6. The molecule has 9 nitrogen and oxygen atoms in total. The van der Waals surface area contributed by atoms with Gasteiger partial charge in [-0.05, 0) is 80.3 Å². The summed E-state index contributed by atoms with van der Waals surface area (Å²) in [5, 5.41) is 6.13. The van der Waals surface area contributed by atoms with Crippen molar-refractivity contribution >= 4 is 34.7 Å². The zero-order chi connectivity index (χ0) is 29.5. The van der Waals surface area contributed by atoms with Gasteiger partial charge in [0.05, 0.1) is 5.57 Å². The number of aliphatic imine (C=N–C) groups is 1. The number of piperazine rings is 1. The lowest BCUT2D eigenvalue weighted by molar-refractivity contribution is -0.114. The van der Waals surface area contributed by atoms with Crippen molar-refractivity contribution in [1.29, 1.82) is 0 Å². The molecule has 216 valence electrons. The van der Waals surface area contributed by atoms with Gasteiger partial charge < -0.3 is 30.9 Å². The molecule has 4 rings (SSSR count). The van der Waals surface area contributed by atoms with Crippen LogP contribution in [0.15, 0.2) is 83.2 Å². The molecule has 2 amide bonds. The molecule has 0 saturated carbocycles. The number of nitrogens with one attached hydrogen (secondary N) is 2. The Labute approximate surface area is 242 Å². The summed E-state index contributed by atoms with van der Waals surface area (Å²) >= 11 is 0. The van der Waals surface area contributed by atoms with Gasteiger partial charge in [0.25, 0.3) is 5.91 Å². The molecule has 1 atom stereocenters. The summed E-state index contributed by atoms with van der Waals surface area (Å²) in [6.07, 6.45) is 4.38. The molecule has 2 aliphatic heterocycles. The lowest BCUT2D eigenvalue weighted by Crippen LogP contribution is -2.44. The van der Waals surface area contributed by atoms with Gasteiger partial charge in [-0.3, -0.25) is 9.59 Å². The zero-order valence-corrected chi connectivity index (χ0v) is 24.4. The van der Waals surface area contributed by atoms with Gasteiger partial charge in [0.15, 0.2) is 0 Å². The second-order valence-corrected chi connectivity index (χ2v) is 10.5. The number of benzene rings is 2. The van der Waals surface area contributed by atoms with E-state index in [1.54, 1.807) is 6.07 Å². The average molecular weight is 557 g/mol. The van der Waals surface area contributed by atoms with Crippen LogP contribution in [0.4, 0.5) is 17.1 Å². The number of anilines is 3. The number of ether oxygens (including phenoxy) is 1. The minimum atomic E-state index is -0.568. The quantitative estimate of drug-likeness (QED) is 0.402. The first-order chi connectivity index (χ1) is 19.7. The fourth-order valence-electron chi connectivity index (χ4n) is 4.93. The van der Waals surface area contributed by atoms with Crippen LogP contribution >= 0.6 is 0 Å². The normalized spacial score (nSPS) is 19.3. The van der Waals surface area contributed by atoms with Gasteiger partial charge in [-0.25, -0.2) is 0 Å². The zero-order valence-electron chi connectivity index (χ0n) is 24.4. The van der Waals surface area contributed by atoms with E-state index in [1.165, 1.54) is 6.08 Å². The number of hydrogen-bond donors (Lipinski definition) is 3. The molecule has 41 heavy (non-hydrogen) atoms. The highest BCUT2D eigenvalue weighted by Gasteiger charge is 2.23. The predicted molar refractivity (Wildman–Crippen MR) is 166 cm³/mol. The second kappa shape index (κ2) is 13.3. The highest BCUT2D eigenvalue weighted by molar-refractivity contribution is 6.25. The molecule has 2 aliphatic rings. The Morgan fingerprint density at radius 2 is 1.85 bits per heavy atom. The van der Waals surface area contributed by atoms with E-state index in [4.69, 9.17) is 15.5 Å². The van der Waals surface area contributed by atoms with Gasteiger partial charge in [0, 0.05) is 49.3 Å². The third kappa shape index (κ3) is 7.43. The number of allylic oxidation sites excluding steroid dienone is 2. The van der Waals surface area contributed by atoms with E-state index in [0.29, 0.717) is 41.6 Å². The van der Waals surface area contributed by atoms with Crippen LogP contribution in [-0.2, 0) is 9.59 Å². The lowest BCUT2D eigenvalue weighted by Gasteiger charge is -2.34. The molecule has 2 aromatic carbocycles. The van der Waals surface area contributed by atoms with Crippen LogP contribution in [0.2, 0.25) is 0 Å². The van der Waals surface area contributed by atoms with Crippen molar-refractivity contribution in [1.82, 2.24) is 4.90 Å². The number of carbonyl (C=O) groups is 2. The molecule has 2 heterocycles. The summed E-state index contributed by atoms with van der Waals surface area (Å²) < 4.78 is 6.36. The molecule has 0 spiro atoms. The molecule has 1 saturated heterocycles. The van der Waals surface area contributed by atoms with E-state index >= 15 is 0 Å². The molecule has 0 bridgehead atoms. The highest BCUT2D eigenvalue weighted by Crippen LogP contribution is 2.31. The van der Waals surface area contributed by atoms with Gasteiger partial charge in [0.1, 0.15) is 11.6 Å². The average Bonchev–Trinajstić information content (AvgIpc) is 2.95. The van der Waals surface area contributed by atoms with E-state index < -0.39 is 5.91 Å². The van der Waals surface area contributed by atoms with Crippen molar-refractivity contribution in [3.63, 3.8) is 0 Å². The Balaban J connectivity index is 1.67. The van der Waals surface area contributed by atoms with Crippen LogP contribution in [0.25, 0.3) is 0 Å². The number of aryl methyl sites for hydroxylation is 1. The standard InChI is InChI=1S/C32H40N6O3/c1-6-26-21(3)9-15-27(30(33)40)31(34-23-10-12-24(13-11-23)38-18-16-37(5)17-19-38)36-32(26)41-25-14-8-22(4)28(20-25)35-29(39)7-2/h7-8,10-15,20-21H,2,6,9,16-19H2,1,3-5H3,(H2,33,40)(H,34,36)(H,35,39)/b27-15+,32-26?. The molecule has 9 heteroatoms. The Bertz CT molecular complexity index is 1380. The van der Waals surface area contributed by atoms with E-state index in [0.717, 1.165) is 48.7 Å². The maximum Gasteiger partial charge on any atom is 0.252 e. The third-order valence-electron chi connectivity index (χ3n) is 7.53.